The van der Waals surface area contributed by atoms with Crippen LogP contribution in [0.1, 0.15) is 124 Å². The Morgan fingerprint density at radius 3 is 1.67 bits per heavy atom. The molecule has 0 saturated carbocycles. The molecule has 0 aromatic carbocycles. The molecule has 0 amide bonds. The zero-order valence-electron chi connectivity index (χ0n) is 18.1. The lowest BCUT2D eigenvalue weighted by molar-refractivity contribution is -0.157. The third kappa shape index (κ3) is 16.8. The Morgan fingerprint density at radius 1 is 0.741 bits per heavy atom. The number of esters is 1. The molecule has 0 bridgehead atoms. The number of carboxylic acid groups (broad SMARTS) is 1. The minimum atomic E-state index is -0.951. The fourth-order valence-corrected chi connectivity index (χ4v) is 3.42. The van der Waals surface area contributed by atoms with E-state index in [1.165, 1.54) is 70.6 Å². The van der Waals surface area contributed by atoms with E-state index in [1.54, 1.807) is 6.92 Å². The smallest absolute Gasteiger partial charge is 0.309 e. The first kappa shape index (κ1) is 25.9. The average Bonchev–Trinajstić information content (AvgIpc) is 2.62. The van der Waals surface area contributed by atoms with Gasteiger partial charge in [0.15, 0.2) is 0 Å². The van der Waals surface area contributed by atoms with Crippen molar-refractivity contribution in [3.8, 4) is 0 Å². The van der Waals surface area contributed by atoms with Crippen molar-refractivity contribution in [3.63, 3.8) is 0 Å². The van der Waals surface area contributed by atoms with E-state index in [0.717, 1.165) is 25.7 Å². The van der Waals surface area contributed by atoms with Gasteiger partial charge in [-0.1, -0.05) is 97.8 Å². The molecule has 0 spiro atoms. The highest BCUT2D eigenvalue weighted by Gasteiger charge is 2.21. The summed E-state index contributed by atoms with van der Waals surface area (Å²) in [6.07, 6.45) is 18.4. The van der Waals surface area contributed by atoms with E-state index < -0.39 is 11.9 Å². The molecule has 27 heavy (non-hydrogen) atoms. The van der Waals surface area contributed by atoms with Crippen molar-refractivity contribution in [2.45, 2.75) is 130 Å². The quantitative estimate of drug-likeness (QED) is 0.194. The number of unbranched alkanes of at least 4 members (excludes halogenated alkanes) is 11. The Kier molecular flexibility index (Phi) is 17.6. The number of hydrogen-bond acceptors (Lipinski definition) is 3. The second-order valence-corrected chi connectivity index (χ2v) is 8.02. The van der Waals surface area contributed by atoms with Crippen LogP contribution < -0.4 is 0 Å². The lowest BCUT2D eigenvalue weighted by Crippen LogP contribution is -2.24. The first-order valence-corrected chi connectivity index (χ1v) is 11.4. The van der Waals surface area contributed by atoms with Gasteiger partial charge in [-0.2, -0.15) is 0 Å². The largest absolute Gasteiger partial charge is 0.481 e. The van der Waals surface area contributed by atoms with Crippen molar-refractivity contribution in [1.82, 2.24) is 0 Å². The molecule has 0 aliphatic heterocycles. The summed E-state index contributed by atoms with van der Waals surface area (Å²) in [5.41, 5.74) is 0. The molecule has 4 heteroatoms. The normalized spacial score (nSPS) is 13.3. The summed E-state index contributed by atoms with van der Waals surface area (Å²) in [6, 6.07) is 0. The van der Waals surface area contributed by atoms with Gasteiger partial charge in [-0.05, 0) is 19.3 Å². The van der Waals surface area contributed by atoms with Crippen LogP contribution in [0.4, 0.5) is 0 Å². The van der Waals surface area contributed by atoms with Gasteiger partial charge in [0.1, 0.15) is 6.10 Å². The summed E-state index contributed by atoms with van der Waals surface area (Å²) in [6.45, 7) is 5.97. The number of aliphatic carboxylic acids is 1. The van der Waals surface area contributed by atoms with Crippen LogP contribution >= 0.6 is 0 Å². The average molecular weight is 385 g/mol. The number of hydrogen-bond donors (Lipinski definition) is 1. The van der Waals surface area contributed by atoms with Crippen LogP contribution in [0, 0.1) is 5.92 Å². The van der Waals surface area contributed by atoms with Crippen molar-refractivity contribution in [1.29, 1.82) is 0 Å². The summed E-state index contributed by atoms with van der Waals surface area (Å²) < 4.78 is 5.55. The van der Waals surface area contributed by atoms with Crippen LogP contribution in [0.3, 0.4) is 0 Å². The number of ether oxygens (including phenoxy) is 1. The highest BCUT2D eigenvalue weighted by atomic mass is 16.5. The minimum absolute atomic E-state index is 0.0538. The molecule has 0 aliphatic rings. The Hall–Kier alpha value is -1.06. The predicted octanol–water partition coefficient (Wildman–Crippen LogP) is 6.90. The molecule has 2 unspecified atom stereocenters. The molecule has 0 aliphatic carbocycles. The van der Waals surface area contributed by atoms with Crippen molar-refractivity contribution >= 4 is 11.9 Å². The monoisotopic (exact) mass is 384 g/mol. The van der Waals surface area contributed by atoms with Crippen LogP contribution in [0.25, 0.3) is 0 Å². The van der Waals surface area contributed by atoms with Crippen LogP contribution in [-0.4, -0.2) is 23.1 Å². The van der Waals surface area contributed by atoms with Crippen molar-refractivity contribution < 1.29 is 19.4 Å². The summed E-state index contributed by atoms with van der Waals surface area (Å²) in [7, 11) is 0. The van der Waals surface area contributed by atoms with Crippen LogP contribution in [-0.2, 0) is 14.3 Å². The molecule has 1 N–H and O–H groups in total. The third-order valence-electron chi connectivity index (χ3n) is 5.16. The zero-order chi connectivity index (χ0) is 20.3. The van der Waals surface area contributed by atoms with Gasteiger partial charge in [0, 0.05) is 0 Å². The maximum atomic E-state index is 12.0. The SMILES string of the molecule is CCCCCCCCCCCCCCC(CCC)OC(=O)C(C)CC(=O)O. The first-order valence-electron chi connectivity index (χ1n) is 11.4. The second kappa shape index (κ2) is 18.3. The van der Waals surface area contributed by atoms with Gasteiger partial charge in [-0.3, -0.25) is 9.59 Å². The zero-order valence-corrected chi connectivity index (χ0v) is 18.1. The summed E-state index contributed by atoms with van der Waals surface area (Å²) >= 11 is 0. The number of rotatable bonds is 19. The topological polar surface area (TPSA) is 63.6 Å². The second-order valence-electron chi connectivity index (χ2n) is 8.02. The molecule has 0 saturated heterocycles. The third-order valence-corrected chi connectivity index (χ3v) is 5.16. The van der Waals surface area contributed by atoms with Gasteiger partial charge >= 0.3 is 11.9 Å². The summed E-state index contributed by atoms with van der Waals surface area (Å²) in [5.74, 6) is -1.88. The molecule has 0 aromatic heterocycles. The van der Waals surface area contributed by atoms with E-state index in [4.69, 9.17) is 9.84 Å². The van der Waals surface area contributed by atoms with Crippen LogP contribution in [0.5, 0.6) is 0 Å². The molecule has 0 aromatic rings. The highest BCUT2D eigenvalue weighted by molar-refractivity contribution is 5.78. The van der Waals surface area contributed by atoms with E-state index in [1.807, 2.05) is 0 Å². The molecule has 0 rings (SSSR count). The number of carbonyl (C=O) groups excluding carboxylic acids is 1. The van der Waals surface area contributed by atoms with Gasteiger partial charge in [0.05, 0.1) is 12.3 Å². The van der Waals surface area contributed by atoms with E-state index in [0.29, 0.717) is 0 Å². The van der Waals surface area contributed by atoms with E-state index in [-0.39, 0.29) is 18.5 Å². The standard InChI is InChI=1S/C23H44O4/c1-4-6-7-8-9-10-11-12-13-14-15-16-18-21(17-5-2)27-23(26)20(3)19-22(24)25/h20-21H,4-19H2,1-3H3,(H,24,25). The van der Waals surface area contributed by atoms with E-state index >= 15 is 0 Å². The molecule has 0 radical (unpaired) electrons. The molecule has 160 valence electrons. The lowest BCUT2D eigenvalue weighted by Gasteiger charge is -2.19. The van der Waals surface area contributed by atoms with E-state index in [9.17, 15) is 9.59 Å². The molecule has 2 atom stereocenters. The van der Waals surface area contributed by atoms with Gasteiger partial charge in [-0.15, -0.1) is 0 Å². The molecular formula is C23H44O4. The van der Waals surface area contributed by atoms with Crippen molar-refractivity contribution in [2.24, 2.45) is 5.92 Å². The first-order chi connectivity index (χ1) is 13.0. The fourth-order valence-electron chi connectivity index (χ4n) is 3.42. The number of carboxylic acids is 1. The maximum absolute atomic E-state index is 12.0. The Morgan fingerprint density at radius 2 is 1.22 bits per heavy atom. The predicted molar refractivity (Wildman–Crippen MR) is 112 cm³/mol. The molecule has 4 nitrogen and oxygen atoms in total. The van der Waals surface area contributed by atoms with Crippen LogP contribution in [0.2, 0.25) is 0 Å². The molecule has 0 fully saturated rings. The fraction of sp³-hybridized carbons (Fsp3) is 0.913. The van der Waals surface area contributed by atoms with Crippen LogP contribution in [0.15, 0.2) is 0 Å². The number of carbonyl (C=O) groups is 2. The summed E-state index contributed by atoms with van der Waals surface area (Å²) in [4.78, 5) is 22.7. The Balaban J connectivity index is 3.70. The van der Waals surface area contributed by atoms with E-state index in [2.05, 4.69) is 13.8 Å². The van der Waals surface area contributed by atoms with Gasteiger partial charge in [0.2, 0.25) is 0 Å². The minimum Gasteiger partial charge on any atom is -0.481 e. The maximum Gasteiger partial charge on any atom is 0.309 e. The highest BCUT2D eigenvalue weighted by Crippen LogP contribution is 2.17. The Bertz CT molecular complexity index is 367. The van der Waals surface area contributed by atoms with Crippen molar-refractivity contribution in [2.75, 3.05) is 0 Å². The summed E-state index contributed by atoms with van der Waals surface area (Å²) in [5, 5.41) is 8.79. The molecular weight excluding hydrogens is 340 g/mol. The molecule has 0 heterocycles. The van der Waals surface area contributed by atoms with Gasteiger partial charge in [0.25, 0.3) is 0 Å². The lowest BCUT2D eigenvalue weighted by atomic mass is 10.0. The Labute approximate surface area is 167 Å². The van der Waals surface area contributed by atoms with Gasteiger partial charge < -0.3 is 9.84 Å². The van der Waals surface area contributed by atoms with Gasteiger partial charge in [-0.25, -0.2) is 0 Å². The van der Waals surface area contributed by atoms with Crippen molar-refractivity contribution in [3.05, 3.63) is 0 Å².